The van der Waals surface area contributed by atoms with E-state index in [-0.39, 0.29) is 0 Å². The van der Waals surface area contributed by atoms with Crippen LogP contribution in [-0.2, 0) is 19.0 Å². The molecular formula is C13H17F9O4S. The number of hydrogen-bond acceptors (Lipinski definition) is 4. The van der Waals surface area contributed by atoms with Gasteiger partial charge in [-0.15, -0.1) is 0 Å². The fraction of sp³-hybridized carbons (Fsp3) is 1.00. The maximum Gasteiger partial charge on any atom is 0.460 e. The van der Waals surface area contributed by atoms with Crippen molar-refractivity contribution in [2.45, 2.75) is 81.1 Å². The molecule has 0 amide bonds. The molecule has 1 saturated heterocycles. The van der Waals surface area contributed by atoms with E-state index in [4.69, 9.17) is 4.74 Å². The molecule has 14 heteroatoms. The van der Waals surface area contributed by atoms with Gasteiger partial charge in [0.2, 0.25) is 0 Å². The van der Waals surface area contributed by atoms with Gasteiger partial charge in [-0.05, 0) is 27.7 Å². The Balaban J connectivity index is 3.26. The fourth-order valence-electron chi connectivity index (χ4n) is 2.83. The van der Waals surface area contributed by atoms with Crippen LogP contribution in [0.2, 0.25) is 0 Å². The first-order valence-electron chi connectivity index (χ1n) is 7.32. The van der Waals surface area contributed by atoms with Crippen molar-refractivity contribution in [1.82, 2.24) is 0 Å². The number of rotatable bonds is 5. The van der Waals surface area contributed by atoms with Gasteiger partial charge in [0.25, 0.3) is 0 Å². The van der Waals surface area contributed by atoms with E-state index in [1.165, 1.54) is 27.7 Å². The van der Waals surface area contributed by atoms with Gasteiger partial charge < -0.3 is 4.74 Å². The van der Waals surface area contributed by atoms with Crippen LogP contribution in [0.4, 0.5) is 39.5 Å². The molecule has 0 unspecified atom stereocenters. The molecule has 1 rings (SSSR count). The molecule has 0 bridgehead atoms. The predicted molar refractivity (Wildman–Crippen MR) is 73.2 cm³/mol. The van der Waals surface area contributed by atoms with Crippen molar-refractivity contribution in [3.63, 3.8) is 0 Å². The molecule has 0 aromatic rings. The van der Waals surface area contributed by atoms with Crippen molar-refractivity contribution in [3.05, 3.63) is 0 Å². The smallest absolute Gasteiger partial charge is 0.370 e. The summed E-state index contributed by atoms with van der Waals surface area (Å²) in [5, 5.41) is -6.86. The minimum Gasteiger partial charge on any atom is -0.370 e. The van der Waals surface area contributed by atoms with Gasteiger partial charge >= 0.3 is 33.4 Å². The van der Waals surface area contributed by atoms with Crippen LogP contribution in [0.5, 0.6) is 0 Å². The van der Waals surface area contributed by atoms with E-state index in [9.17, 15) is 47.9 Å². The van der Waals surface area contributed by atoms with Gasteiger partial charge in [-0.3, -0.25) is 4.18 Å². The molecule has 1 aliphatic heterocycles. The molecule has 0 aromatic carbocycles. The van der Waals surface area contributed by atoms with E-state index in [0.29, 0.717) is 0 Å². The molecule has 0 aromatic heterocycles. The molecule has 1 heterocycles. The van der Waals surface area contributed by atoms with E-state index in [1.54, 1.807) is 0 Å². The summed E-state index contributed by atoms with van der Waals surface area (Å²) < 4.78 is 149. The highest BCUT2D eigenvalue weighted by Crippen LogP contribution is 2.55. The Bertz CT molecular complexity index is 652. The molecule has 0 aliphatic carbocycles. The van der Waals surface area contributed by atoms with Crippen LogP contribution in [0.1, 0.15) is 40.5 Å². The molecule has 27 heavy (non-hydrogen) atoms. The van der Waals surface area contributed by atoms with Gasteiger partial charge in [0.05, 0.1) is 17.3 Å². The van der Waals surface area contributed by atoms with Crippen molar-refractivity contribution in [2.24, 2.45) is 0 Å². The van der Waals surface area contributed by atoms with Gasteiger partial charge in [-0.1, -0.05) is 0 Å². The topological polar surface area (TPSA) is 52.6 Å². The molecule has 0 radical (unpaired) electrons. The minimum absolute atomic E-state index is 0.424. The Kier molecular flexibility index (Phi) is 5.73. The van der Waals surface area contributed by atoms with Crippen LogP contribution in [-0.4, -0.2) is 49.0 Å². The first-order chi connectivity index (χ1) is 11.5. The lowest BCUT2D eigenvalue weighted by atomic mass is 9.87. The molecular weight excluding hydrogens is 423 g/mol. The van der Waals surface area contributed by atoms with E-state index in [0.717, 1.165) is 0 Å². The minimum atomic E-state index is -7.33. The summed E-state index contributed by atoms with van der Waals surface area (Å²) in [7, 11) is -6.88. The highest BCUT2D eigenvalue weighted by atomic mass is 32.2. The van der Waals surface area contributed by atoms with Crippen LogP contribution in [0, 0.1) is 0 Å². The lowest BCUT2D eigenvalue weighted by Gasteiger charge is -2.45. The predicted octanol–water partition coefficient (Wildman–Crippen LogP) is 4.49. The number of halogens is 9. The van der Waals surface area contributed by atoms with Crippen LogP contribution < -0.4 is 0 Å². The largest absolute Gasteiger partial charge is 0.460 e. The summed E-state index contributed by atoms with van der Waals surface area (Å²) in [5.74, 6) is -14.6. The lowest BCUT2D eigenvalue weighted by Crippen LogP contribution is -2.63. The average Bonchev–Trinajstić information content (AvgIpc) is 2.31. The quantitative estimate of drug-likeness (QED) is 0.467. The van der Waals surface area contributed by atoms with E-state index in [1.807, 2.05) is 0 Å². The maximum atomic E-state index is 13.7. The van der Waals surface area contributed by atoms with Crippen LogP contribution >= 0.6 is 0 Å². The summed E-state index contributed by atoms with van der Waals surface area (Å²) in [5.41, 5.74) is -2.34. The van der Waals surface area contributed by atoms with Gasteiger partial charge in [0.15, 0.2) is 0 Å². The zero-order valence-corrected chi connectivity index (χ0v) is 15.3. The summed E-state index contributed by atoms with van der Waals surface area (Å²) in [6, 6.07) is 0. The Labute approximate surface area is 149 Å². The Morgan fingerprint density at radius 1 is 0.815 bits per heavy atom. The van der Waals surface area contributed by atoms with Gasteiger partial charge in [-0.25, -0.2) is 0 Å². The monoisotopic (exact) mass is 440 g/mol. The van der Waals surface area contributed by atoms with Gasteiger partial charge in [0.1, 0.15) is 0 Å². The van der Waals surface area contributed by atoms with Gasteiger partial charge in [0, 0.05) is 12.8 Å². The number of alkyl halides is 9. The van der Waals surface area contributed by atoms with Crippen molar-refractivity contribution < 1.29 is 56.9 Å². The Morgan fingerprint density at radius 2 is 1.19 bits per heavy atom. The van der Waals surface area contributed by atoms with Crippen LogP contribution in [0.25, 0.3) is 0 Å². The maximum absolute atomic E-state index is 13.7. The Hall–Kier alpha value is -0.760. The molecule has 162 valence electrons. The third-order valence-corrected chi connectivity index (χ3v) is 5.09. The molecule has 4 nitrogen and oxygen atoms in total. The first kappa shape index (κ1) is 24.3. The number of hydrogen-bond donors (Lipinski definition) is 0. The SMILES string of the molecule is CC1(C)CC(OS(=O)(=O)C(F)(F)C(F)(F)C(F)(F)C(F)(F)F)CC(C)(C)O1. The van der Waals surface area contributed by atoms with Gasteiger partial charge in [-0.2, -0.15) is 47.9 Å². The van der Waals surface area contributed by atoms with E-state index in [2.05, 4.69) is 4.18 Å². The highest BCUT2D eigenvalue weighted by Gasteiger charge is 2.86. The Morgan fingerprint density at radius 3 is 1.52 bits per heavy atom. The first-order valence-corrected chi connectivity index (χ1v) is 8.73. The number of ether oxygens (including phenoxy) is 1. The summed E-state index contributed by atoms with van der Waals surface area (Å²) in [6.07, 6.45) is -9.69. The molecule has 0 N–H and O–H groups in total. The second kappa shape index (κ2) is 6.37. The molecule has 0 spiro atoms. The van der Waals surface area contributed by atoms with E-state index < -0.39 is 63.5 Å². The highest BCUT2D eigenvalue weighted by molar-refractivity contribution is 7.87. The summed E-state index contributed by atoms with van der Waals surface area (Å²) >= 11 is 0. The van der Waals surface area contributed by atoms with E-state index >= 15 is 0 Å². The third kappa shape index (κ3) is 4.31. The standard InChI is InChI=1S/C13H17F9O4S/c1-8(2)5-7(6-9(3,4)26-8)25-27(23,24)13(21,22)11(16,17)10(14,15)12(18,19)20/h7H,5-6H2,1-4H3. The molecule has 1 fully saturated rings. The zero-order valence-electron chi connectivity index (χ0n) is 14.4. The average molecular weight is 440 g/mol. The van der Waals surface area contributed by atoms with Crippen molar-refractivity contribution in [3.8, 4) is 0 Å². The van der Waals surface area contributed by atoms with Crippen LogP contribution in [0.15, 0.2) is 0 Å². The van der Waals surface area contributed by atoms with Crippen molar-refractivity contribution >= 4 is 10.1 Å². The molecule has 1 aliphatic rings. The third-order valence-electron chi connectivity index (χ3n) is 3.68. The van der Waals surface area contributed by atoms with Crippen LogP contribution in [0.3, 0.4) is 0 Å². The van der Waals surface area contributed by atoms with Crippen molar-refractivity contribution in [1.29, 1.82) is 0 Å². The molecule has 0 atom stereocenters. The molecule has 0 saturated carbocycles. The van der Waals surface area contributed by atoms with Crippen molar-refractivity contribution in [2.75, 3.05) is 0 Å². The fourth-order valence-corrected chi connectivity index (χ4v) is 3.88. The summed E-state index contributed by atoms with van der Waals surface area (Å²) in [4.78, 5) is 0. The lowest BCUT2D eigenvalue weighted by molar-refractivity contribution is -0.383. The zero-order chi connectivity index (χ0) is 21.9. The summed E-state index contributed by atoms with van der Waals surface area (Å²) in [6.45, 7) is 5.56. The second-order valence-corrected chi connectivity index (χ2v) is 8.98. The normalized spacial score (nSPS) is 22.7. The second-order valence-electron chi connectivity index (χ2n) is 7.37.